The molecule has 0 aromatic heterocycles. The minimum atomic E-state index is -3.39. The second kappa shape index (κ2) is 8.63. The molecule has 5 nitrogen and oxygen atoms in total. The van der Waals surface area contributed by atoms with Gasteiger partial charge in [-0.3, -0.25) is 4.18 Å². The molecule has 17 heavy (non-hydrogen) atoms. The van der Waals surface area contributed by atoms with Crippen LogP contribution in [-0.4, -0.2) is 40.3 Å². The van der Waals surface area contributed by atoms with E-state index in [1.54, 1.807) is 19.1 Å². The molecule has 0 aromatic carbocycles. The van der Waals surface area contributed by atoms with Crippen molar-refractivity contribution in [2.24, 2.45) is 0 Å². The molecule has 1 unspecified atom stereocenters. The van der Waals surface area contributed by atoms with Gasteiger partial charge in [0.25, 0.3) is 10.1 Å². The summed E-state index contributed by atoms with van der Waals surface area (Å²) < 4.78 is 37.1. The van der Waals surface area contributed by atoms with Crippen molar-refractivity contribution in [3.63, 3.8) is 0 Å². The van der Waals surface area contributed by atoms with Gasteiger partial charge in [0.15, 0.2) is 6.29 Å². The molecular weight excluding hydrogens is 244 g/mol. The largest absolute Gasteiger partial charge is 0.349 e. The summed E-state index contributed by atoms with van der Waals surface area (Å²) >= 11 is 0. The summed E-state index contributed by atoms with van der Waals surface area (Å²) in [6.07, 6.45) is 4.32. The summed E-state index contributed by atoms with van der Waals surface area (Å²) in [6, 6.07) is 0. The average molecular weight is 266 g/mol. The van der Waals surface area contributed by atoms with E-state index >= 15 is 0 Å². The number of hydrogen-bond acceptors (Lipinski definition) is 5. The topological polar surface area (TPSA) is 61.8 Å². The SMILES string of the molecule is CCOC(/C=C\CC(C)OS(C)(=O)=O)OCC. The Morgan fingerprint density at radius 2 is 1.71 bits per heavy atom. The molecule has 102 valence electrons. The molecule has 0 aliphatic rings. The lowest BCUT2D eigenvalue weighted by Crippen LogP contribution is -2.15. The number of rotatable bonds is 9. The highest BCUT2D eigenvalue weighted by Gasteiger charge is 2.09. The first-order chi connectivity index (χ1) is 7.89. The van der Waals surface area contributed by atoms with Gasteiger partial charge in [0.2, 0.25) is 0 Å². The molecule has 6 heteroatoms. The molecule has 0 rings (SSSR count). The van der Waals surface area contributed by atoms with Gasteiger partial charge in [-0.15, -0.1) is 0 Å². The van der Waals surface area contributed by atoms with Crippen LogP contribution in [0.3, 0.4) is 0 Å². The number of ether oxygens (including phenoxy) is 2. The van der Waals surface area contributed by atoms with Crippen LogP contribution in [0.1, 0.15) is 27.2 Å². The van der Waals surface area contributed by atoms with Crippen LogP contribution in [0, 0.1) is 0 Å². The van der Waals surface area contributed by atoms with E-state index < -0.39 is 10.1 Å². The van der Waals surface area contributed by atoms with Crippen LogP contribution in [0.4, 0.5) is 0 Å². The normalized spacial score (nSPS) is 14.6. The van der Waals surface area contributed by atoms with Crippen LogP contribution >= 0.6 is 0 Å². The van der Waals surface area contributed by atoms with E-state index in [1.807, 2.05) is 13.8 Å². The highest BCUT2D eigenvalue weighted by Crippen LogP contribution is 2.05. The molecule has 0 aliphatic heterocycles. The zero-order chi connectivity index (χ0) is 13.3. The molecule has 0 radical (unpaired) electrons. The van der Waals surface area contributed by atoms with Crippen molar-refractivity contribution in [3.8, 4) is 0 Å². The Morgan fingerprint density at radius 1 is 1.18 bits per heavy atom. The minimum Gasteiger partial charge on any atom is -0.349 e. The summed E-state index contributed by atoms with van der Waals surface area (Å²) in [6.45, 7) is 6.58. The Kier molecular flexibility index (Phi) is 8.41. The maximum Gasteiger partial charge on any atom is 0.264 e. The smallest absolute Gasteiger partial charge is 0.264 e. The summed E-state index contributed by atoms with van der Waals surface area (Å²) in [5.74, 6) is 0. The van der Waals surface area contributed by atoms with Crippen molar-refractivity contribution >= 4 is 10.1 Å². The van der Waals surface area contributed by atoms with E-state index in [4.69, 9.17) is 13.7 Å². The van der Waals surface area contributed by atoms with Gasteiger partial charge in [-0.05, 0) is 33.3 Å². The van der Waals surface area contributed by atoms with Crippen molar-refractivity contribution < 1.29 is 22.1 Å². The van der Waals surface area contributed by atoms with Crippen LogP contribution < -0.4 is 0 Å². The summed E-state index contributed by atoms with van der Waals surface area (Å²) in [7, 11) is -3.39. The van der Waals surface area contributed by atoms with Crippen molar-refractivity contribution in [1.29, 1.82) is 0 Å². The first kappa shape index (κ1) is 16.6. The van der Waals surface area contributed by atoms with Crippen molar-refractivity contribution in [2.45, 2.75) is 39.6 Å². The molecule has 1 atom stereocenters. The van der Waals surface area contributed by atoms with E-state index in [1.165, 1.54) is 0 Å². The summed E-state index contributed by atoms with van der Waals surface area (Å²) in [5, 5.41) is 0. The van der Waals surface area contributed by atoms with Gasteiger partial charge in [0, 0.05) is 13.2 Å². The molecule has 0 aromatic rings. The Balaban J connectivity index is 4.05. The molecule has 0 spiro atoms. The van der Waals surface area contributed by atoms with Crippen LogP contribution in [0.25, 0.3) is 0 Å². The molecule has 0 aliphatic carbocycles. The van der Waals surface area contributed by atoms with E-state index in [0.717, 1.165) is 6.26 Å². The first-order valence-electron chi connectivity index (χ1n) is 5.67. The third-order valence-electron chi connectivity index (χ3n) is 1.76. The fourth-order valence-corrected chi connectivity index (χ4v) is 1.88. The molecule has 0 bridgehead atoms. The van der Waals surface area contributed by atoms with Crippen LogP contribution in [-0.2, 0) is 23.8 Å². The average Bonchev–Trinajstić information content (AvgIpc) is 2.15. The molecule has 0 heterocycles. The van der Waals surface area contributed by atoms with Crippen molar-refractivity contribution in [1.82, 2.24) is 0 Å². The maximum atomic E-state index is 10.8. The fraction of sp³-hybridized carbons (Fsp3) is 0.818. The van der Waals surface area contributed by atoms with E-state index in [2.05, 4.69) is 0 Å². The van der Waals surface area contributed by atoms with Gasteiger partial charge in [-0.1, -0.05) is 6.08 Å². The van der Waals surface area contributed by atoms with Crippen molar-refractivity contribution in [3.05, 3.63) is 12.2 Å². The molecule has 0 saturated heterocycles. The second-order valence-corrected chi connectivity index (χ2v) is 5.15. The second-order valence-electron chi connectivity index (χ2n) is 3.55. The van der Waals surface area contributed by atoms with Gasteiger partial charge in [-0.25, -0.2) is 0 Å². The van der Waals surface area contributed by atoms with Crippen molar-refractivity contribution in [2.75, 3.05) is 19.5 Å². The van der Waals surface area contributed by atoms with Gasteiger partial charge in [0.1, 0.15) is 0 Å². The summed E-state index contributed by atoms with van der Waals surface area (Å²) in [5.41, 5.74) is 0. The Hall–Kier alpha value is -0.430. The van der Waals surface area contributed by atoms with E-state index in [-0.39, 0.29) is 12.4 Å². The lowest BCUT2D eigenvalue weighted by molar-refractivity contribution is -0.104. The molecule has 0 fully saturated rings. The lowest BCUT2D eigenvalue weighted by Gasteiger charge is -2.13. The third-order valence-corrected chi connectivity index (χ3v) is 2.44. The predicted octanol–water partition coefficient (Wildman–Crippen LogP) is 1.70. The Labute approximate surface area is 104 Å². The maximum absolute atomic E-state index is 10.8. The van der Waals surface area contributed by atoms with Gasteiger partial charge >= 0.3 is 0 Å². The fourth-order valence-electron chi connectivity index (χ4n) is 1.21. The van der Waals surface area contributed by atoms with Crippen LogP contribution in [0.2, 0.25) is 0 Å². The van der Waals surface area contributed by atoms with Gasteiger partial charge in [0.05, 0.1) is 12.4 Å². The molecule has 0 amide bonds. The molecule has 0 saturated carbocycles. The van der Waals surface area contributed by atoms with Crippen LogP contribution in [0.5, 0.6) is 0 Å². The van der Waals surface area contributed by atoms with Crippen LogP contribution in [0.15, 0.2) is 12.2 Å². The molecular formula is C11H22O5S. The molecule has 0 N–H and O–H groups in total. The Bertz CT molecular complexity index is 304. The highest BCUT2D eigenvalue weighted by atomic mass is 32.2. The Morgan fingerprint density at radius 3 is 2.12 bits per heavy atom. The lowest BCUT2D eigenvalue weighted by atomic mass is 10.2. The zero-order valence-electron chi connectivity index (χ0n) is 10.9. The number of hydrogen-bond donors (Lipinski definition) is 0. The van der Waals surface area contributed by atoms with Gasteiger partial charge < -0.3 is 9.47 Å². The standard InChI is InChI=1S/C11H22O5S/c1-5-14-11(15-6-2)9-7-8-10(3)16-17(4,12)13/h7,9-11H,5-6,8H2,1-4H3/b9-7-. The minimum absolute atomic E-state index is 0.379. The first-order valence-corrected chi connectivity index (χ1v) is 7.48. The van der Waals surface area contributed by atoms with E-state index in [9.17, 15) is 8.42 Å². The highest BCUT2D eigenvalue weighted by molar-refractivity contribution is 7.86. The quantitative estimate of drug-likeness (QED) is 0.361. The predicted molar refractivity (Wildman–Crippen MR) is 66.2 cm³/mol. The summed E-state index contributed by atoms with van der Waals surface area (Å²) in [4.78, 5) is 0. The van der Waals surface area contributed by atoms with Gasteiger partial charge in [-0.2, -0.15) is 8.42 Å². The monoisotopic (exact) mass is 266 g/mol. The zero-order valence-corrected chi connectivity index (χ0v) is 11.7. The van der Waals surface area contributed by atoms with E-state index in [0.29, 0.717) is 19.6 Å². The third kappa shape index (κ3) is 10.4.